The summed E-state index contributed by atoms with van der Waals surface area (Å²) in [5.41, 5.74) is 1.01. The average Bonchev–Trinajstić information content (AvgIpc) is 2.52. The van der Waals surface area contributed by atoms with Crippen LogP contribution in [0.4, 0.5) is 0 Å². The third-order valence-electron chi connectivity index (χ3n) is 3.25. The average molecular weight is 338 g/mol. The molecule has 0 fully saturated rings. The number of hydrogen-bond donors (Lipinski definition) is 0. The van der Waals surface area contributed by atoms with Gasteiger partial charge < -0.3 is 9.47 Å². The van der Waals surface area contributed by atoms with Crippen molar-refractivity contribution in [3.63, 3.8) is 0 Å². The molecule has 0 N–H and O–H groups in total. The quantitative estimate of drug-likeness (QED) is 0.762. The van der Waals surface area contributed by atoms with Gasteiger partial charge in [-0.3, -0.25) is 4.31 Å². The summed E-state index contributed by atoms with van der Waals surface area (Å²) < 4.78 is 38.5. The number of hydrogen-bond acceptors (Lipinski definition) is 5. The molecule has 1 aliphatic heterocycles. The van der Waals surface area contributed by atoms with Gasteiger partial charge >= 0.3 is 16.2 Å². The highest BCUT2D eigenvalue weighted by Crippen LogP contribution is 2.18. The van der Waals surface area contributed by atoms with Crippen LogP contribution in [0.2, 0.25) is 0 Å². The van der Waals surface area contributed by atoms with E-state index in [1.807, 2.05) is 0 Å². The molecule has 0 unspecified atom stereocenters. The number of rotatable bonds is 5. The van der Waals surface area contributed by atoms with Gasteiger partial charge in [-0.05, 0) is 31.5 Å². The Labute approximate surface area is 135 Å². The monoisotopic (exact) mass is 338 g/mol. The first-order chi connectivity index (χ1) is 10.9. The molecule has 1 aromatic carbocycles. The smallest absolute Gasteiger partial charge is 0.344 e. The summed E-state index contributed by atoms with van der Waals surface area (Å²) in [6.45, 7) is 3.36. The van der Waals surface area contributed by atoms with E-state index in [0.717, 1.165) is 9.87 Å². The molecule has 1 aromatic rings. The predicted octanol–water partition coefficient (Wildman–Crippen LogP) is 1.66. The molecule has 0 atom stereocenters. The summed E-state index contributed by atoms with van der Waals surface area (Å²) in [5.74, 6) is 0.0406. The van der Waals surface area contributed by atoms with Crippen LogP contribution < -0.4 is 4.74 Å². The lowest BCUT2D eigenvalue weighted by Gasteiger charge is -2.21. The van der Waals surface area contributed by atoms with Gasteiger partial charge in [0, 0.05) is 12.7 Å². The fraction of sp³-hybridized carbons (Fsp3) is 0.333. The van der Waals surface area contributed by atoms with Crippen LogP contribution >= 0.6 is 0 Å². The fourth-order valence-electron chi connectivity index (χ4n) is 2.02. The first-order valence-corrected chi connectivity index (χ1v) is 8.37. The molecule has 2 rings (SSSR count). The molecule has 7 nitrogen and oxygen atoms in total. The van der Waals surface area contributed by atoms with Gasteiger partial charge in [-0.2, -0.15) is 8.42 Å². The molecule has 1 aliphatic rings. The molecule has 1 heterocycles. The van der Waals surface area contributed by atoms with Gasteiger partial charge in [-0.1, -0.05) is 12.1 Å². The minimum atomic E-state index is -3.74. The zero-order chi connectivity index (χ0) is 17.0. The lowest BCUT2D eigenvalue weighted by atomic mass is 10.2. The highest BCUT2D eigenvalue weighted by molar-refractivity contribution is 7.88. The summed E-state index contributed by atoms with van der Waals surface area (Å²) in [5, 5.41) is 0. The summed E-state index contributed by atoms with van der Waals surface area (Å²) in [4.78, 5) is 12.2. The molecule has 0 saturated carbocycles. The highest BCUT2D eigenvalue weighted by atomic mass is 32.2. The van der Waals surface area contributed by atoms with Crippen LogP contribution in [0.15, 0.2) is 40.4 Å². The van der Waals surface area contributed by atoms with Crippen molar-refractivity contribution < 1.29 is 22.7 Å². The summed E-state index contributed by atoms with van der Waals surface area (Å²) in [7, 11) is -2.19. The van der Waals surface area contributed by atoms with Crippen molar-refractivity contribution in [1.82, 2.24) is 4.31 Å². The van der Waals surface area contributed by atoms with Gasteiger partial charge in [0.2, 0.25) is 0 Å². The van der Waals surface area contributed by atoms with Crippen molar-refractivity contribution >= 4 is 21.9 Å². The van der Waals surface area contributed by atoms with Crippen LogP contribution in [0.1, 0.15) is 19.4 Å². The molecule has 0 aromatic heterocycles. The van der Waals surface area contributed by atoms with Crippen LogP contribution in [-0.2, 0) is 26.3 Å². The minimum absolute atomic E-state index is 0.0551. The second-order valence-electron chi connectivity index (χ2n) is 4.83. The normalized spacial score (nSPS) is 16.4. The zero-order valence-electron chi connectivity index (χ0n) is 13.1. The molecule has 0 radical (unpaired) electrons. The van der Waals surface area contributed by atoms with Crippen molar-refractivity contribution in [3.8, 4) is 5.75 Å². The second-order valence-corrected chi connectivity index (χ2v) is 6.38. The van der Waals surface area contributed by atoms with Crippen molar-refractivity contribution in [2.75, 3.05) is 13.7 Å². The number of benzene rings is 1. The second kappa shape index (κ2) is 6.82. The maximum Gasteiger partial charge on any atom is 0.344 e. The Hall–Kier alpha value is -2.35. The van der Waals surface area contributed by atoms with E-state index >= 15 is 0 Å². The Kier molecular flexibility index (Phi) is 5.05. The lowest BCUT2D eigenvalue weighted by molar-refractivity contribution is -0.139. The molecular weight excluding hydrogens is 320 g/mol. The van der Waals surface area contributed by atoms with Crippen LogP contribution in [-0.4, -0.2) is 38.1 Å². The standard InChI is InChI=1S/C15H18N2O5S/c1-4-17-9-14(11(2)16-23(17,19)20)15(18)22-10-12-6-5-7-13(8-12)21-3/h5-9H,4,10H2,1-3H3. The van der Waals surface area contributed by atoms with Gasteiger partial charge in [-0.25, -0.2) is 4.79 Å². The fourth-order valence-corrected chi connectivity index (χ4v) is 3.14. The Bertz CT molecular complexity index is 768. The molecule has 124 valence electrons. The number of nitrogens with zero attached hydrogens (tertiary/aromatic N) is 2. The summed E-state index contributed by atoms with van der Waals surface area (Å²) in [6.07, 6.45) is 1.26. The summed E-state index contributed by atoms with van der Waals surface area (Å²) >= 11 is 0. The SMILES string of the molecule is CCN1C=C(C(=O)OCc2cccc(OC)c2)C(C)=NS1(=O)=O. The number of carbonyl (C=O) groups is 1. The van der Waals surface area contributed by atoms with E-state index < -0.39 is 16.2 Å². The molecule has 0 bridgehead atoms. The third-order valence-corrected chi connectivity index (χ3v) is 4.71. The third kappa shape index (κ3) is 3.89. The Morgan fingerprint density at radius 1 is 1.35 bits per heavy atom. The van der Waals surface area contributed by atoms with Gasteiger partial charge in [-0.15, -0.1) is 4.40 Å². The molecule has 0 amide bonds. The summed E-state index contributed by atoms with van der Waals surface area (Å²) in [6, 6.07) is 7.14. The van der Waals surface area contributed by atoms with Gasteiger partial charge in [0.1, 0.15) is 12.4 Å². The van der Waals surface area contributed by atoms with E-state index in [-0.39, 0.29) is 24.4 Å². The largest absolute Gasteiger partial charge is 0.497 e. The van der Waals surface area contributed by atoms with Crippen LogP contribution in [0.5, 0.6) is 5.75 Å². The molecule has 0 saturated heterocycles. The predicted molar refractivity (Wildman–Crippen MR) is 85.3 cm³/mol. The number of esters is 1. The molecule has 0 spiro atoms. The first kappa shape index (κ1) is 17.0. The van der Waals surface area contributed by atoms with E-state index in [1.165, 1.54) is 13.1 Å². The first-order valence-electron chi connectivity index (χ1n) is 6.98. The number of carbonyl (C=O) groups excluding carboxylic acids is 1. The topological polar surface area (TPSA) is 85.3 Å². The van der Waals surface area contributed by atoms with Crippen molar-refractivity contribution in [2.24, 2.45) is 4.40 Å². The molecule has 0 aliphatic carbocycles. The minimum Gasteiger partial charge on any atom is -0.497 e. The van der Waals surface area contributed by atoms with E-state index in [2.05, 4.69) is 4.40 Å². The van der Waals surface area contributed by atoms with Gasteiger partial charge in [0.25, 0.3) is 0 Å². The highest BCUT2D eigenvalue weighted by Gasteiger charge is 2.27. The Balaban J connectivity index is 2.11. The van der Waals surface area contributed by atoms with Crippen LogP contribution in [0.3, 0.4) is 0 Å². The number of methoxy groups -OCH3 is 1. The van der Waals surface area contributed by atoms with Crippen LogP contribution in [0, 0.1) is 0 Å². The van der Waals surface area contributed by atoms with E-state index in [4.69, 9.17) is 9.47 Å². The van der Waals surface area contributed by atoms with Gasteiger partial charge in [0.15, 0.2) is 0 Å². The maximum absolute atomic E-state index is 12.2. The van der Waals surface area contributed by atoms with Gasteiger partial charge in [0.05, 0.1) is 18.4 Å². The van der Waals surface area contributed by atoms with Crippen LogP contribution in [0.25, 0.3) is 0 Å². The van der Waals surface area contributed by atoms with Crippen molar-refractivity contribution in [1.29, 1.82) is 0 Å². The van der Waals surface area contributed by atoms with E-state index in [1.54, 1.807) is 38.3 Å². The zero-order valence-corrected chi connectivity index (χ0v) is 14.0. The Morgan fingerprint density at radius 3 is 2.74 bits per heavy atom. The van der Waals surface area contributed by atoms with Crippen molar-refractivity contribution in [2.45, 2.75) is 20.5 Å². The van der Waals surface area contributed by atoms with Crippen molar-refractivity contribution in [3.05, 3.63) is 41.6 Å². The Morgan fingerprint density at radius 2 is 2.09 bits per heavy atom. The van der Waals surface area contributed by atoms with E-state index in [0.29, 0.717) is 5.75 Å². The molecule has 8 heteroatoms. The maximum atomic E-state index is 12.2. The molecule has 23 heavy (non-hydrogen) atoms. The molecular formula is C15H18N2O5S. The van der Waals surface area contributed by atoms with E-state index in [9.17, 15) is 13.2 Å². The number of ether oxygens (including phenoxy) is 2. The lowest BCUT2D eigenvalue weighted by Crippen LogP contribution is -2.31.